The lowest BCUT2D eigenvalue weighted by Crippen LogP contribution is -2.60. The molecule has 1 atom stereocenters. The number of carboxylic acids is 1. The second kappa shape index (κ2) is 5.03. The molecule has 0 aliphatic rings. The molecule has 6 nitrogen and oxygen atoms in total. The van der Waals surface area contributed by atoms with Gasteiger partial charge in [0.15, 0.2) is 11.5 Å². The minimum absolute atomic E-state index is 0.00730. The molecule has 0 amide bonds. The van der Waals surface area contributed by atoms with Crippen LogP contribution in [0.15, 0.2) is 18.2 Å². The number of hydrogen-bond donors (Lipinski definition) is 3. The number of hydrogen-bond acceptors (Lipinski definition) is 6. The van der Waals surface area contributed by atoms with E-state index in [9.17, 15) is 15.0 Å². The maximum Gasteiger partial charge on any atom is 0.160 e. The Balaban J connectivity index is 2.98. The van der Waals surface area contributed by atoms with Gasteiger partial charge in [-0.3, -0.25) is 5.84 Å². The highest BCUT2D eigenvalue weighted by molar-refractivity contribution is 5.76. The number of carboxylic acid groups (broad SMARTS) is 1. The third kappa shape index (κ3) is 2.86. The lowest BCUT2D eigenvalue weighted by atomic mass is 9.93. The lowest BCUT2D eigenvalue weighted by Gasteiger charge is -2.30. The predicted octanol–water partition coefficient (Wildman–Crippen LogP) is -1.08. The van der Waals surface area contributed by atoms with Crippen molar-refractivity contribution in [2.75, 3.05) is 7.11 Å². The molecule has 6 heteroatoms. The quantitative estimate of drug-likeness (QED) is 0.445. The molecule has 1 unspecified atom stereocenters. The molecular formula is C11H15N2O4-. The van der Waals surface area contributed by atoms with Gasteiger partial charge in [0.2, 0.25) is 0 Å². The summed E-state index contributed by atoms with van der Waals surface area (Å²) in [6, 6.07) is 4.57. The van der Waals surface area contributed by atoms with Crippen LogP contribution in [-0.4, -0.2) is 23.7 Å². The summed E-state index contributed by atoms with van der Waals surface area (Å²) in [5.74, 6) is 4.18. The summed E-state index contributed by atoms with van der Waals surface area (Å²) in [6.07, 6.45) is 0.114. The topological polar surface area (TPSA) is 108 Å². The van der Waals surface area contributed by atoms with Crippen LogP contribution in [0, 0.1) is 0 Å². The van der Waals surface area contributed by atoms with Crippen molar-refractivity contribution in [3.63, 3.8) is 0 Å². The Hall–Kier alpha value is -1.79. The van der Waals surface area contributed by atoms with E-state index in [1.807, 2.05) is 0 Å². The van der Waals surface area contributed by atoms with Crippen LogP contribution in [0.3, 0.4) is 0 Å². The average molecular weight is 239 g/mol. The summed E-state index contributed by atoms with van der Waals surface area (Å²) in [7, 11) is 1.41. The zero-order chi connectivity index (χ0) is 13.1. The molecule has 0 saturated carbocycles. The molecule has 1 aromatic carbocycles. The molecule has 0 aromatic heterocycles. The number of rotatable bonds is 5. The molecule has 0 aliphatic heterocycles. The second-order valence-corrected chi connectivity index (χ2v) is 3.95. The molecule has 4 N–H and O–H groups in total. The van der Waals surface area contributed by atoms with Gasteiger partial charge in [0.25, 0.3) is 0 Å². The van der Waals surface area contributed by atoms with Gasteiger partial charge in [-0.1, -0.05) is 6.07 Å². The smallest absolute Gasteiger partial charge is 0.160 e. The zero-order valence-electron chi connectivity index (χ0n) is 9.69. The number of nitrogens with two attached hydrogens (primary N) is 1. The van der Waals surface area contributed by atoms with Gasteiger partial charge in [-0.2, -0.15) is 0 Å². The number of aromatic hydroxyl groups is 1. The summed E-state index contributed by atoms with van der Waals surface area (Å²) in [5.41, 5.74) is 1.50. The number of ether oxygens (including phenoxy) is 1. The van der Waals surface area contributed by atoms with Crippen LogP contribution in [0.1, 0.15) is 12.5 Å². The van der Waals surface area contributed by atoms with Crippen LogP contribution < -0.4 is 21.1 Å². The third-order valence-corrected chi connectivity index (χ3v) is 2.57. The van der Waals surface area contributed by atoms with Crippen molar-refractivity contribution in [1.82, 2.24) is 5.43 Å². The van der Waals surface area contributed by atoms with E-state index < -0.39 is 11.5 Å². The Morgan fingerprint density at radius 3 is 2.76 bits per heavy atom. The fourth-order valence-electron chi connectivity index (χ4n) is 1.42. The molecule has 0 bridgehead atoms. The summed E-state index contributed by atoms with van der Waals surface area (Å²) in [6.45, 7) is 1.42. The Bertz CT molecular complexity index is 422. The summed E-state index contributed by atoms with van der Waals surface area (Å²) in [4.78, 5) is 10.9. The van der Waals surface area contributed by atoms with Crippen molar-refractivity contribution in [3.05, 3.63) is 23.8 Å². The predicted molar refractivity (Wildman–Crippen MR) is 59.1 cm³/mol. The van der Waals surface area contributed by atoms with Crippen molar-refractivity contribution in [3.8, 4) is 11.5 Å². The Morgan fingerprint density at radius 1 is 1.65 bits per heavy atom. The van der Waals surface area contributed by atoms with Gasteiger partial charge in [-0.15, -0.1) is 0 Å². The lowest BCUT2D eigenvalue weighted by molar-refractivity contribution is -0.313. The number of methoxy groups -OCH3 is 1. The van der Waals surface area contributed by atoms with Gasteiger partial charge in [0.1, 0.15) is 0 Å². The van der Waals surface area contributed by atoms with E-state index in [4.69, 9.17) is 10.6 Å². The van der Waals surface area contributed by atoms with E-state index in [1.54, 1.807) is 12.1 Å². The van der Waals surface area contributed by atoms with Gasteiger partial charge in [-0.25, -0.2) is 5.43 Å². The van der Waals surface area contributed by atoms with Crippen molar-refractivity contribution < 1.29 is 19.7 Å². The maximum absolute atomic E-state index is 10.9. The number of phenols is 1. The first-order valence-electron chi connectivity index (χ1n) is 4.98. The van der Waals surface area contributed by atoms with Crippen LogP contribution in [0.4, 0.5) is 0 Å². The van der Waals surface area contributed by atoms with Gasteiger partial charge in [0.05, 0.1) is 18.6 Å². The number of nitrogens with one attached hydrogen (secondary N) is 1. The summed E-state index contributed by atoms with van der Waals surface area (Å²) in [5, 5.41) is 20.3. The van der Waals surface area contributed by atoms with E-state index in [-0.39, 0.29) is 17.9 Å². The van der Waals surface area contributed by atoms with Crippen molar-refractivity contribution in [1.29, 1.82) is 0 Å². The van der Waals surface area contributed by atoms with E-state index in [2.05, 4.69) is 5.43 Å². The first kappa shape index (κ1) is 13.3. The number of carbonyl (C=O) groups excluding carboxylic acids is 1. The maximum atomic E-state index is 10.9. The van der Waals surface area contributed by atoms with Gasteiger partial charge >= 0.3 is 0 Å². The highest BCUT2D eigenvalue weighted by atomic mass is 16.5. The van der Waals surface area contributed by atoms with E-state index >= 15 is 0 Å². The fourth-order valence-corrected chi connectivity index (χ4v) is 1.42. The molecule has 0 fully saturated rings. The highest BCUT2D eigenvalue weighted by Gasteiger charge is 2.25. The van der Waals surface area contributed by atoms with Gasteiger partial charge < -0.3 is 19.7 Å². The standard InChI is InChI=1S/C11H16N2O4/c1-11(13-12,10(15)16)6-7-3-4-8(14)9(5-7)17-2/h3-5,13-14H,6,12H2,1-2H3,(H,15,16)/p-1. The van der Waals surface area contributed by atoms with Crippen LogP contribution in [0.5, 0.6) is 11.5 Å². The second-order valence-electron chi connectivity index (χ2n) is 3.95. The molecule has 94 valence electrons. The zero-order valence-corrected chi connectivity index (χ0v) is 9.69. The van der Waals surface area contributed by atoms with E-state index in [0.717, 1.165) is 0 Å². The average Bonchev–Trinajstić information content (AvgIpc) is 2.31. The molecular weight excluding hydrogens is 224 g/mol. The van der Waals surface area contributed by atoms with Gasteiger partial charge in [0, 0.05) is 0 Å². The normalized spacial score (nSPS) is 14.1. The molecule has 0 saturated heterocycles. The molecule has 1 aromatic rings. The Morgan fingerprint density at radius 2 is 2.29 bits per heavy atom. The molecule has 1 rings (SSSR count). The van der Waals surface area contributed by atoms with Crippen LogP contribution in [-0.2, 0) is 11.2 Å². The number of hydrazine groups is 1. The first-order chi connectivity index (χ1) is 7.92. The SMILES string of the molecule is COc1cc(CC(C)(NN)C(=O)[O-])ccc1O. The number of benzene rings is 1. The molecule has 0 spiro atoms. The van der Waals surface area contributed by atoms with Crippen LogP contribution in [0.2, 0.25) is 0 Å². The van der Waals surface area contributed by atoms with Crippen molar-refractivity contribution >= 4 is 5.97 Å². The third-order valence-electron chi connectivity index (χ3n) is 2.57. The molecule has 0 heterocycles. The monoisotopic (exact) mass is 239 g/mol. The Kier molecular flexibility index (Phi) is 3.93. The molecule has 0 radical (unpaired) electrons. The largest absolute Gasteiger partial charge is 0.548 e. The highest BCUT2D eigenvalue weighted by Crippen LogP contribution is 2.27. The fraction of sp³-hybridized carbons (Fsp3) is 0.364. The first-order valence-corrected chi connectivity index (χ1v) is 4.98. The minimum atomic E-state index is -1.37. The number of carbonyl (C=O) groups is 1. The van der Waals surface area contributed by atoms with E-state index in [0.29, 0.717) is 5.56 Å². The van der Waals surface area contributed by atoms with Crippen molar-refractivity contribution in [2.24, 2.45) is 5.84 Å². The minimum Gasteiger partial charge on any atom is -0.548 e. The summed E-state index contributed by atoms with van der Waals surface area (Å²) >= 11 is 0. The van der Waals surface area contributed by atoms with E-state index in [1.165, 1.54) is 20.1 Å². The van der Waals surface area contributed by atoms with Crippen LogP contribution >= 0.6 is 0 Å². The van der Waals surface area contributed by atoms with Gasteiger partial charge in [-0.05, 0) is 31.0 Å². The number of aliphatic carboxylic acids is 1. The number of phenolic OH excluding ortho intramolecular Hbond substituents is 1. The summed E-state index contributed by atoms with van der Waals surface area (Å²) < 4.78 is 4.93. The molecule has 17 heavy (non-hydrogen) atoms. The Labute approximate surface area is 99.0 Å². The molecule has 0 aliphatic carbocycles. The van der Waals surface area contributed by atoms with Crippen LogP contribution in [0.25, 0.3) is 0 Å². The van der Waals surface area contributed by atoms with Crippen molar-refractivity contribution in [2.45, 2.75) is 18.9 Å².